The van der Waals surface area contributed by atoms with Crippen LogP contribution in [0.4, 0.5) is 0 Å². The molecule has 18 heavy (non-hydrogen) atoms. The van der Waals surface area contributed by atoms with E-state index in [9.17, 15) is 0 Å². The molecule has 1 aliphatic carbocycles. The van der Waals surface area contributed by atoms with Crippen LogP contribution < -0.4 is 5.32 Å². The third-order valence-electron chi connectivity index (χ3n) is 5.17. The zero-order valence-electron chi connectivity index (χ0n) is 11.6. The number of morpholine rings is 1. The van der Waals surface area contributed by atoms with Gasteiger partial charge in [-0.3, -0.25) is 0 Å². The molecule has 2 aliphatic heterocycles. The van der Waals surface area contributed by atoms with Crippen molar-refractivity contribution in [3.05, 3.63) is 0 Å². The van der Waals surface area contributed by atoms with Crippen molar-refractivity contribution in [3.63, 3.8) is 0 Å². The Hall–Kier alpha value is -0.120. The number of hydrogen-bond acceptors (Lipinski definition) is 3. The molecule has 3 nitrogen and oxygen atoms in total. The maximum Gasteiger partial charge on any atom is 0.0620 e. The predicted octanol–water partition coefficient (Wildman–Crippen LogP) is 1.88. The number of fused-ring (bicyclic) bond motifs is 1. The number of rotatable bonds is 3. The third kappa shape index (κ3) is 3.25. The summed E-state index contributed by atoms with van der Waals surface area (Å²) in [4.78, 5) is 2.71. The van der Waals surface area contributed by atoms with Crippen molar-refractivity contribution in [2.45, 2.75) is 44.6 Å². The number of ether oxygens (including phenoxy) is 1. The van der Waals surface area contributed by atoms with E-state index < -0.39 is 0 Å². The first-order valence-corrected chi connectivity index (χ1v) is 7.95. The minimum atomic E-state index is 0.600. The lowest BCUT2D eigenvalue weighted by molar-refractivity contribution is 0.0562. The van der Waals surface area contributed by atoms with Crippen LogP contribution in [0, 0.1) is 11.8 Å². The highest BCUT2D eigenvalue weighted by molar-refractivity contribution is 4.84. The van der Waals surface area contributed by atoms with Crippen LogP contribution in [0.15, 0.2) is 0 Å². The van der Waals surface area contributed by atoms with Gasteiger partial charge in [-0.2, -0.15) is 0 Å². The van der Waals surface area contributed by atoms with E-state index in [0.717, 1.165) is 31.6 Å². The summed E-state index contributed by atoms with van der Waals surface area (Å²) >= 11 is 0. The Bertz CT molecular complexity index is 253. The molecule has 3 heteroatoms. The molecule has 3 aliphatic rings. The maximum absolute atomic E-state index is 5.53. The van der Waals surface area contributed by atoms with Crippen LogP contribution >= 0.6 is 0 Å². The molecule has 3 rings (SSSR count). The highest BCUT2D eigenvalue weighted by Crippen LogP contribution is 2.35. The van der Waals surface area contributed by atoms with Crippen LogP contribution in [0.5, 0.6) is 0 Å². The van der Waals surface area contributed by atoms with E-state index in [-0.39, 0.29) is 0 Å². The molecule has 1 N–H and O–H groups in total. The molecule has 3 atom stereocenters. The summed E-state index contributed by atoms with van der Waals surface area (Å²) in [6.07, 6.45) is 8.69. The summed E-state index contributed by atoms with van der Waals surface area (Å²) in [5, 5.41) is 3.56. The molecule has 0 radical (unpaired) electrons. The maximum atomic E-state index is 5.53. The van der Waals surface area contributed by atoms with Crippen LogP contribution in [0.1, 0.15) is 38.5 Å². The van der Waals surface area contributed by atoms with E-state index in [2.05, 4.69) is 10.2 Å². The Labute approximate surface area is 111 Å². The Balaban J connectivity index is 1.40. The fraction of sp³-hybridized carbons (Fsp3) is 1.00. The normalized spacial score (nSPS) is 38.3. The molecule has 104 valence electrons. The van der Waals surface area contributed by atoms with E-state index in [0.29, 0.717) is 6.04 Å². The van der Waals surface area contributed by atoms with Crippen LogP contribution in [0.2, 0.25) is 0 Å². The third-order valence-corrected chi connectivity index (χ3v) is 5.17. The molecular weight excluding hydrogens is 224 g/mol. The first-order valence-electron chi connectivity index (χ1n) is 7.95. The molecule has 1 saturated carbocycles. The molecule has 0 aromatic rings. The number of likely N-dealkylation sites (tertiary alicyclic amines) is 1. The van der Waals surface area contributed by atoms with E-state index in [1.165, 1.54) is 58.2 Å². The van der Waals surface area contributed by atoms with E-state index >= 15 is 0 Å². The van der Waals surface area contributed by atoms with Crippen molar-refractivity contribution in [3.8, 4) is 0 Å². The van der Waals surface area contributed by atoms with Crippen molar-refractivity contribution < 1.29 is 4.74 Å². The zero-order chi connectivity index (χ0) is 12.2. The van der Waals surface area contributed by atoms with Crippen LogP contribution in [0.3, 0.4) is 0 Å². The van der Waals surface area contributed by atoms with E-state index in [1.54, 1.807) is 0 Å². The minimum absolute atomic E-state index is 0.600. The van der Waals surface area contributed by atoms with Gasteiger partial charge in [0.15, 0.2) is 0 Å². The Morgan fingerprint density at radius 3 is 2.83 bits per heavy atom. The Kier molecular flexibility index (Phi) is 4.55. The number of nitrogens with one attached hydrogen (secondary N) is 1. The molecule has 0 aromatic heterocycles. The Morgan fingerprint density at radius 1 is 1.11 bits per heavy atom. The molecule has 0 spiro atoms. The van der Waals surface area contributed by atoms with Gasteiger partial charge in [-0.1, -0.05) is 19.3 Å². The topological polar surface area (TPSA) is 24.5 Å². The first kappa shape index (κ1) is 12.9. The monoisotopic (exact) mass is 252 g/mol. The average Bonchev–Trinajstić information content (AvgIpc) is 2.46. The lowest BCUT2D eigenvalue weighted by Gasteiger charge is -2.41. The summed E-state index contributed by atoms with van der Waals surface area (Å²) in [6, 6.07) is 0.600. The molecule has 0 amide bonds. The summed E-state index contributed by atoms with van der Waals surface area (Å²) in [5.41, 5.74) is 0. The Morgan fingerprint density at radius 2 is 2.00 bits per heavy atom. The quantitative estimate of drug-likeness (QED) is 0.830. The predicted molar refractivity (Wildman–Crippen MR) is 73.7 cm³/mol. The highest BCUT2D eigenvalue weighted by Gasteiger charge is 2.31. The summed E-state index contributed by atoms with van der Waals surface area (Å²) in [5.74, 6) is 2.08. The molecule has 0 aromatic carbocycles. The van der Waals surface area contributed by atoms with Crippen molar-refractivity contribution in [2.75, 3.05) is 39.4 Å². The van der Waals surface area contributed by atoms with Crippen molar-refractivity contribution >= 4 is 0 Å². The highest BCUT2D eigenvalue weighted by atomic mass is 16.5. The second kappa shape index (κ2) is 6.36. The summed E-state index contributed by atoms with van der Waals surface area (Å²) in [6.45, 7) is 6.83. The molecule has 0 bridgehead atoms. The largest absolute Gasteiger partial charge is 0.379 e. The van der Waals surface area contributed by atoms with Crippen molar-refractivity contribution in [2.24, 2.45) is 11.8 Å². The van der Waals surface area contributed by atoms with Gasteiger partial charge in [0, 0.05) is 19.1 Å². The lowest BCUT2D eigenvalue weighted by Crippen LogP contribution is -2.46. The van der Waals surface area contributed by atoms with Gasteiger partial charge in [0.1, 0.15) is 0 Å². The smallest absolute Gasteiger partial charge is 0.0620 e. The van der Waals surface area contributed by atoms with Gasteiger partial charge in [-0.05, 0) is 44.2 Å². The van der Waals surface area contributed by atoms with Gasteiger partial charge >= 0.3 is 0 Å². The lowest BCUT2D eigenvalue weighted by atomic mass is 9.75. The van der Waals surface area contributed by atoms with E-state index in [1.807, 2.05) is 0 Å². The minimum Gasteiger partial charge on any atom is -0.379 e. The standard InChI is InChI=1S/C15H28N2O/c1-2-4-14-11-17(8-5-13(14)3-1)9-6-15-12-18-10-7-16-15/h13-16H,1-12H2. The molecule has 3 fully saturated rings. The second-order valence-corrected chi connectivity index (χ2v) is 6.41. The fourth-order valence-electron chi connectivity index (χ4n) is 4.02. The second-order valence-electron chi connectivity index (χ2n) is 6.41. The van der Waals surface area contributed by atoms with Crippen LogP contribution in [-0.2, 0) is 4.74 Å². The van der Waals surface area contributed by atoms with Gasteiger partial charge in [0.05, 0.1) is 13.2 Å². The number of piperidine rings is 1. The molecular formula is C15H28N2O. The number of nitrogens with zero attached hydrogens (tertiary/aromatic N) is 1. The SMILES string of the molecule is C1CCC2CN(CCC3COCCN3)CCC2C1. The van der Waals surface area contributed by atoms with Crippen molar-refractivity contribution in [1.29, 1.82) is 0 Å². The van der Waals surface area contributed by atoms with Gasteiger partial charge in [0.25, 0.3) is 0 Å². The van der Waals surface area contributed by atoms with Gasteiger partial charge in [0.2, 0.25) is 0 Å². The van der Waals surface area contributed by atoms with Gasteiger partial charge in [-0.15, -0.1) is 0 Å². The molecule has 2 heterocycles. The summed E-state index contributed by atoms with van der Waals surface area (Å²) in [7, 11) is 0. The molecule has 3 unspecified atom stereocenters. The van der Waals surface area contributed by atoms with Crippen molar-refractivity contribution in [1.82, 2.24) is 10.2 Å². The van der Waals surface area contributed by atoms with Gasteiger partial charge in [-0.25, -0.2) is 0 Å². The summed E-state index contributed by atoms with van der Waals surface area (Å²) < 4.78 is 5.53. The van der Waals surface area contributed by atoms with E-state index in [4.69, 9.17) is 4.74 Å². The molecule has 2 saturated heterocycles. The van der Waals surface area contributed by atoms with Crippen LogP contribution in [0.25, 0.3) is 0 Å². The van der Waals surface area contributed by atoms with Gasteiger partial charge < -0.3 is 15.0 Å². The first-order chi connectivity index (χ1) is 8.92. The fourth-order valence-corrected chi connectivity index (χ4v) is 4.02. The zero-order valence-corrected chi connectivity index (χ0v) is 11.6. The number of hydrogen-bond donors (Lipinski definition) is 1. The average molecular weight is 252 g/mol. The van der Waals surface area contributed by atoms with Crippen LogP contribution in [-0.4, -0.2) is 50.3 Å².